The number of carbonyl (C=O) groups is 2. The minimum Gasteiger partial charge on any atom is -0.354 e. The van der Waals surface area contributed by atoms with E-state index in [1.165, 1.54) is 4.90 Å². The first-order valence-electron chi connectivity index (χ1n) is 7.12. The van der Waals surface area contributed by atoms with Gasteiger partial charge in [0.2, 0.25) is 16.7 Å². The Balaban J connectivity index is 4.51. The van der Waals surface area contributed by atoms with Crippen molar-refractivity contribution in [1.82, 2.24) is 20.4 Å². The highest BCUT2D eigenvalue weighted by Crippen LogP contribution is 1.90. The molecule has 2 amide bonds. The smallest absolute Gasteiger partial charge is 0.266 e. The van der Waals surface area contributed by atoms with E-state index in [-0.39, 0.29) is 39.3 Å². The Kier molecular flexibility index (Phi) is 10.7. The molecule has 0 unspecified atom stereocenters. The fourth-order valence-corrected chi connectivity index (χ4v) is 2.33. The van der Waals surface area contributed by atoms with Gasteiger partial charge in [-0.1, -0.05) is 0 Å². The first-order chi connectivity index (χ1) is 11.9. The van der Waals surface area contributed by atoms with Crippen molar-refractivity contribution in [2.75, 3.05) is 50.8 Å². The standard InChI is InChI=1S/C10H20N6O8S2/c11-15-14-1-4-16(7-9(17)12-2-5-25(19,20)21)8-10(18)13-3-6-26(22,23)24/h11H,1-8H2,(H3-,12,13,17,18,19,20,21,22,23,24)/p+1. The second-order valence-corrected chi connectivity index (χ2v) is 8.09. The molecule has 0 aliphatic heterocycles. The van der Waals surface area contributed by atoms with E-state index >= 15 is 0 Å². The Hall–Kier alpha value is -1.97. The minimum atomic E-state index is -4.22. The number of nitrogens with one attached hydrogen (secondary N) is 3. The highest BCUT2D eigenvalue weighted by Gasteiger charge is 2.16. The molecule has 5 N–H and O–H groups in total. The SMILES string of the molecule is N=[N+]=NCCN(CC(=O)NCCS(=O)(=O)O)CC(=O)NCCS(=O)(=O)O. The van der Waals surface area contributed by atoms with E-state index in [1.807, 2.05) is 0 Å². The molecule has 26 heavy (non-hydrogen) atoms. The van der Waals surface area contributed by atoms with Crippen molar-refractivity contribution in [3.63, 3.8) is 0 Å². The molecule has 0 radical (unpaired) electrons. The lowest BCUT2D eigenvalue weighted by atomic mass is 10.4. The summed E-state index contributed by atoms with van der Waals surface area (Å²) in [4.78, 5) is 27.6. The van der Waals surface area contributed by atoms with Gasteiger partial charge >= 0.3 is 0 Å². The summed E-state index contributed by atoms with van der Waals surface area (Å²) < 4.78 is 59.4. The number of amides is 2. The van der Waals surface area contributed by atoms with Crippen LogP contribution in [0.5, 0.6) is 0 Å². The van der Waals surface area contributed by atoms with Gasteiger partial charge < -0.3 is 10.6 Å². The Morgan fingerprint density at radius 2 is 1.38 bits per heavy atom. The van der Waals surface area contributed by atoms with E-state index in [9.17, 15) is 26.4 Å². The first-order valence-corrected chi connectivity index (χ1v) is 10.3. The Morgan fingerprint density at radius 3 is 1.73 bits per heavy atom. The average molecular weight is 417 g/mol. The summed E-state index contributed by atoms with van der Waals surface area (Å²) in [5.41, 5.74) is 6.55. The van der Waals surface area contributed by atoms with Gasteiger partial charge in [-0.2, -0.15) is 16.8 Å². The van der Waals surface area contributed by atoms with E-state index in [0.29, 0.717) is 0 Å². The van der Waals surface area contributed by atoms with Crippen molar-refractivity contribution >= 4 is 32.1 Å². The molecule has 0 heterocycles. The van der Waals surface area contributed by atoms with Crippen LogP contribution >= 0.6 is 0 Å². The van der Waals surface area contributed by atoms with Crippen LogP contribution in [0.2, 0.25) is 0 Å². The highest BCUT2D eigenvalue weighted by molar-refractivity contribution is 7.86. The van der Waals surface area contributed by atoms with Crippen LogP contribution in [0.15, 0.2) is 5.11 Å². The molecule has 0 aromatic carbocycles. The summed E-state index contributed by atoms with van der Waals surface area (Å²) in [6.07, 6.45) is 0. The second-order valence-electron chi connectivity index (χ2n) is 4.95. The fourth-order valence-electron chi connectivity index (χ4n) is 1.61. The summed E-state index contributed by atoms with van der Waals surface area (Å²) in [5, 5.41) is 7.86. The minimum absolute atomic E-state index is 0.0140. The lowest BCUT2D eigenvalue weighted by molar-refractivity contribution is -0.124. The third-order valence-electron chi connectivity index (χ3n) is 2.69. The molecular formula is C10H21N6O8S2+. The molecule has 0 saturated heterocycles. The number of rotatable bonds is 13. The van der Waals surface area contributed by atoms with Crippen molar-refractivity contribution in [1.29, 1.82) is 5.53 Å². The van der Waals surface area contributed by atoms with E-state index in [1.54, 1.807) is 0 Å². The van der Waals surface area contributed by atoms with Gasteiger partial charge in [0.1, 0.15) is 17.2 Å². The molecule has 0 bridgehead atoms. The zero-order valence-corrected chi connectivity index (χ0v) is 15.3. The quantitative estimate of drug-likeness (QED) is 0.116. The Bertz CT molecular complexity index is 679. The zero-order valence-electron chi connectivity index (χ0n) is 13.7. The van der Waals surface area contributed by atoms with E-state index < -0.39 is 43.6 Å². The number of hydrogen-bond acceptors (Lipinski definition) is 9. The Labute approximate surface area is 150 Å². The maximum Gasteiger partial charge on any atom is 0.266 e. The molecule has 0 saturated carbocycles. The maximum atomic E-state index is 11.7. The zero-order chi connectivity index (χ0) is 20.2. The van der Waals surface area contributed by atoms with Crippen molar-refractivity contribution in [2.45, 2.75) is 0 Å². The lowest BCUT2D eigenvalue weighted by Crippen LogP contribution is -2.45. The number of hydrogen-bond donors (Lipinski definition) is 5. The lowest BCUT2D eigenvalue weighted by Gasteiger charge is -2.19. The Morgan fingerprint density at radius 1 is 0.962 bits per heavy atom. The summed E-state index contributed by atoms with van der Waals surface area (Å²) in [7, 11) is -8.43. The third kappa shape index (κ3) is 15.6. The average Bonchev–Trinajstić information content (AvgIpc) is 2.44. The molecule has 0 aliphatic rings. The molecular weight excluding hydrogens is 396 g/mol. The van der Waals surface area contributed by atoms with E-state index in [4.69, 9.17) is 14.6 Å². The van der Waals surface area contributed by atoms with Crippen LogP contribution in [0.4, 0.5) is 0 Å². The monoisotopic (exact) mass is 417 g/mol. The summed E-state index contributed by atoms with van der Waals surface area (Å²) >= 11 is 0. The molecule has 0 spiro atoms. The van der Waals surface area contributed by atoms with Gasteiger partial charge in [-0.15, -0.1) is 0 Å². The van der Waals surface area contributed by atoms with Crippen LogP contribution < -0.4 is 15.5 Å². The largest absolute Gasteiger partial charge is 0.354 e. The van der Waals surface area contributed by atoms with Crippen LogP contribution in [0.25, 0.3) is 0 Å². The molecule has 0 aromatic rings. The van der Waals surface area contributed by atoms with Gasteiger partial charge in [-0.25, -0.2) is 0 Å². The van der Waals surface area contributed by atoms with Crippen LogP contribution in [0.1, 0.15) is 0 Å². The van der Waals surface area contributed by atoms with Crippen LogP contribution in [-0.4, -0.2) is 93.4 Å². The molecule has 0 aromatic heterocycles. The van der Waals surface area contributed by atoms with Crippen molar-refractivity contribution in [3.8, 4) is 0 Å². The van der Waals surface area contributed by atoms with Gasteiger partial charge in [0, 0.05) is 19.6 Å². The predicted molar refractivity (Wildman–Crippen MR) is 87.4 cm³/mol. The molecule has 14 nitrogen and oxygen atoms in total. The van der Waals surface area contributed by atoms with Gasteiger partial charge in [0.05, 0.1) is 24.6 Å². The molecule has 0 atom stereocenters. The van der Waals surface area contributed by atoms with Crippen LogP contribution in [0, 0.1) is 5.53 Å². The summed E-state index contributed by atoms with van der Waals surface area (Å²) in [6.45, 7) is -1.19. The highest BCUT2D eigenvalue weighted by atomic mass is 32.2. The second kappa shape index (κ2) is 11.6. The number of nitrogens with zero attached hydrogens (tertiary/aromatic N) is 3. The molecule has 16 heteroatoms. The van der Waals surface area contributed by atoms with Gasteiger partial charge in [-0.3, -0.25) is 23.6 Å². The fraction of sp³-hybridized carbons (Fsp3) is 0.800. The molecule has 0 fully saturated rings. The van der Waals surface area contributed by atoms with Gasteiger partial charge in [0.25, 0.3) is 20.2 Å². The molecule has 0 rings (SSSR count). The van der Waals surface area contributed by atoms with Gasteiger partial charge in [-0.05, 0) is 0 Å². The van der Waals surface area contributed by atoms with Crippen LogP contribution in [-0.2, 0) is 29.8 Å². The normalized spacial score (nSPS) is 11.7. The molecule has 150 valence electrons. The first kappa shape index (κ1) is 24.0. The van der Waals surface area contributed by atoms with Crippen molar-refractivity contribution in [2.24, 2.45) is 5.11 Å². The van der Waals surface area contributed by atoms with Gasteiger partial charge in [0.15, 0.2) is 0 Å². The van der Waals surface area contributed by atoms with Crippen molar-refractivity contribution < 1.29 is 35.5 Å². The molecule has 0 aliphatic carbocycles. The van der Waals surface area contributed by atoms with Crippen LogP contribution in [0.3, 0.4) is 0 Å². The maximum absolute atomic E-state index is 11.7. The van der Waals surface area contributed by atoms with E-state index in [0.717, 1.165) is 0 Å². The van der Waals surface area contributed by atoms with E-state index in [2.05, 4.69) is 20.7 Å². The van der Waals surface area contributed by atoms with Crippen molar-refractivity contribution in [3.05, 3.63) is 0 Å². The third-order valence-corrected chi connectivity index (χ3v) is 4.13. The predicted octanol–water partition coefficient (Wildman–Crippen LogP) is -3.15. The number of carbonyl (C=O) groups excluding carboxylic acids is 2. The summed E-state index contributed by atoms with van der Waals surface area (Å²) in [6, 6.07) is 0. The summed E-state index contributed by atoms with van der Waals surface area (Å²) in [5.74, 6) is -2.58. The topological polar surface area (TPSA) is 220 Å².